The highest BCUT2D eigenvalue weighted by Gasteiger charge is 2.05. The van der Waals surface area contributed by atoms with Gasteiger partial charge in [-0.05, 0) is 42.0 Å². The van der Waals surface area contributed by atoms with Gasteiger partial charge in [-0.3, -0.25) is 0 Å². The molecule has 0 unspecified atom stereocenters. The fraction of sp³-hybridized carbons (Fsp3) is 0.0833. The largest absolute Gasteiger partial charge is 0.508 e. The molecule has 1 aromatic heterocycles. The molecule has 0 amide bonds. The van der Waals surface area contributed by atoms with Crippen LogP contribution >= 0.6 is 0 Å². The smallest absolute Gasteiger partial charge is 0.120 e. The predicted molar refractivity (Wildman–Crippen MR) is 57.2 cm³/mol. The second-order valence-electron chi connectivity index (χ2n) is 3.32. The molecule has 74 valence electrons. The Morgan fingerprint density at radius 2 is 1.80 bits per heavy atom. The number of rotatable bonds is 1. The lowest BCUT2D eigenvalue weighted by Crippen LogP contribution is -1.93. The maximum atomic E-state index is 9.17. The van der Waals surface area contributed by atoms with E-state index in [1.807, 2.05) is 29.8 Å². The van der Waals surface area contributed by atoms with Gasteiger partial charge in [0.2, 0.25) is 0 Å². The fourth-order valence-electron chi connectivity index (χ4n) is 1.55. The predicted octanol–water partition coefficient (Wildman–Crippen LogP) is 2.27. The van der Waals surface area contributed by atoms with E-state index in [0.717, 1.165) is 11.3 Å². The maximum absolute atomic E-state index is 9.17. The summed E-state index contributed by atoms with van der Waals surface area (Å²) in [5.74, 6) is 0.244. The van der Waals surface area contributed by atoms with Gasteiger partial charge in [0.05, 0.1) is 0 Å². The molecule has 0 aliphatic carbocycles. The van der Waals surface area contributed by atoms with Crippen LogP contribution in [-0.2, 0) is 7.05 Å². The molecule has 0 spiro atoms. The first-order valence-electron chi connectivity index (χ1n) is 4.57. The first-order valence-corrected chi connectivity index (χ1v) is 4.57. The standard InChI is InChI=1S/C12H10N2O/c1-14-10(8-13)4-7-12(14)9-2-5-11(15)6-3-9/h2-7,15H,1H3. The van der Waals surface area contributed by atoms with Crippen molar-refractivity contribution in [2.45, 2.75) is 0 Å². The van der Waals surface area contributed by atoms with Gasteiger partial charge in [0.1, 0.15) is 17.5 Å². The molecular weight excluding hydrogens is 188 g/mol. The molecule has 1 heterocycles. The molecular formula is C12H10N2O. The first-order chi connectivity index (χ1) is 7.22. The molecule has 0 radical (unpaired) electrons. The molecule has 2 rings (SSSR count). The Hall–Kier alpha value is -2.21. The summed E-state index contributed by atoms with van der Waals surface area (Å²) in [6.07, 6.45) is 0. The van der Waals surface area contributed by atoms with E-state index in [0.29, 0.717) is 5.69 Å². The number of hydrogen-bond donors (Lipinski definition) is 1. The van der Waals surface area contributed by atoms with Gasteiger partial charge in [-0.2, -0.15) is 5.26 Å². The Kier molecular flexibility index (Phi) is 2.18. The van der Waals surface area contributed by atoms with Gasteiger partial charge in [-0.15, -0.1) is 0 Å². The Morgan fingerprint density at radius 1 is 1.13 bits per heavy atom. The Labute approximate surface area is 87.8 Å². The van der Waals surface area contributed by atoms with Gasteiger partial charge in [0, 0.05) is 12.7 Å². The summed E-state index contributed by atoms with van der Waals surface area (Å²) in [4.78, 5) is 0. The Morgan fingerprint density at radius 3 is 2.33 bits per heavy atom. The molecule has 2 aromatic rings. The van der Waals surface area contributed by atoms with Crippen LogP contribution in [0.5, 0.6) is 5.75 Å². The van der Waals surface area contributed by atoms with Crippen molar-refractivity contribution in [1.82, 2.24) is 4.57 Å². The average molecular weight is 198 g/mol. The summed E-state index contributed by atoms with van der Waals surface area (Å²) in [5.41, 5.74) is 2.57. The van der Waals surface area contributed by atoms with Crippen LogP contribution in [0.3, 0.4) is 0 Å². The van der Waals surface area contributed by atoms with Crippen LogP contribution in [0.1, 0.15) is 5.69 Å². The number of nitrogens with zero attached hydrogens (tertiary/aromatic N) is 2. The lowest BCUT2D eigenvalue weighted by atomic mass is 10.1. The van der Waals surface area contributed by atoms with Crippen LogP contribution in [0.15, 0.2) is 36.4 Å². The highest BCUT2D eigenvalue weighted by molar-refractivity contribution is 5.62. The topological polar surface area (TPSA) is 49.0 Å². The average Bonchev–Trinajstić information content (AvgIpc) is 2.61. The zero-order valence-corrected chi connectivity index (χ0v) is 8.31. The van der Waals surface area contributed by atoms with Crippen LogP contribution in [-0.4, -0.2) is 9.67 Å². The molecule has 0 bridgehead atoms. The van der Waals surface area contributed by atoms with Crippen molar-refractivity contribution in [3.05, 3.63) is 42.1 Å². The van der Waals surface area contributed by atoms with E-state index in [9.17, 15) is 0 Å². The number of aromatic hydroxyl groups is 1. The SMILES string of the molecule is Cn1c(C#N)ccc1-c1ccc(O)cc1. The number of benzene rings is 1. The van der Waals surface area contributed by atoms with E-state index in [2.05, 4.69) is 6.07 Å². The van der Waals surface area contributed by atoms with E-state index in [1.165, 1.54) is 0 Å². The fourth-order valence-corrected chi connectivity index (χ4v) is 1.55. The summed E-state index contributed by atoms with van der Waals surface area (Å²) in [6, 6.07) is 12.7. The van der Waals surface area contributed by atoms with Gasteiger partial charge in [-0.1, -0.05) is 0 Å². The molecule has 0 saturated heterocycles. The molecule has 0 aliphatic rings. The normalized spacial score (nSPS) is 9.87. The molecule has 0 aliphatic heterocycles. The third kappa shape index (κ3) is 1.57. The van der Waals surface area contributed by atoms with E-state index < -0.39 is 0 Å². The molecule has 3 nitrogen and oxygen atoms in total. The van der Waals surface area contributed by atoms with Crippen LogP contribution in [0.4, 0.5) is 0 Å². The minimum absolute atomic E-state index is 0.244. The minimum atomic E-state index is 0.244. The van der Waals surface area contributed by atoms with Crippen molar-refractivity contribution in [3.8, 4) is 23.1 Å². The van der Waals surface area contributed by atoms with Crippen LogP contribution in [0, 0.1) is 11.3 Å². The number of phenols is 1. The Bertz CT molecular complexity index is 518. The van der Waals surface area contributed by atoms with Gasteiger partial charge in [-0.25, -0.2) is 0 Å². The third-order valence-electron chi connectivity index (χ3n) is 2.40. The highest BCUT2D eigenvalue weighted by atomic mass is 16.3. The van der Waals surface area contributed by atoms with E-state index in [-0.39, 0.29) is 5.75 Å². The lowest BCUT2D eigenvalue weighted by Gasteiger charge is -2.04. The summed E-state index contributed by atoms with van der Waals surface area (Å²) < 4.78 is 1.83. The molecule has 3 heteroatoms. The first kappa shape index (κ1) is 9.35. The number of hydrogen-bond acceptors (Lipinski definition) is 2. The van der Waals surface area contributed by atoms with Gasteiger partial charge in [0.15, 0.2) is 0 Å². The molecule has 1 N–H and O–H groups in total. The molecule has 0 fully saturated rings. The van der Waals surface area contributed by atoms with Gasteiger partial charge in [0.25, 0.3) is 0 Å². The van der Waals surface area contributed by atoms with Crippen molar-refractivity contribution >= 4 is 0 Å². The van der Waals surface area contributed by atoms with Crippen LogP contribution in [0.2, 0.25) is 0 Å². The van der Waals surface area contributed by atoms with E-state index in [4.69, 9.17) is 10.4 Å². The zero-order chi connectivity index (χ0) is 10.8. The number of nitriles is 1. The van der Waals surface area contributed by atoms with Crippen molar-refractivity contribution in [2.24, 2.45) is 7.05 Å². The molecule has 0 saturated carbocycles. The second-order valence-corrected chi connectivity index (χ2v) is 3.32. The van der Waals surface area contributed by atoms with Gasteiger partial charge < -0.3 is 9.67 Å². The van der Waals surface area contributed by atoms with E-state index in [1.54, 1.807) is 18.2 Å². The number of phenolic OH excluding ortho intramolecular Hbond substituents is 1. The van der Waals surface area contributed by atoms with Crippen molar-refractivity contribution in [1.29, 1.82) is 5.26 Å². The van der Waals surface area contributed by atoms with E-state index >= 15 is 0 Å². The Balaban J connectivity index is 2.51. The third-order valence-corrected chi connectivity index (χ3v) is 2.40. The second kappa shape index (κ2) is 3.50. The number of aromatic nitrogens is 1. The molecule has 1 aromatic carbocycles. The molecule has 0 atom stereocenters. The van der Waals surface area contributed by atoms with Crippen molar-refractivity contribution in [2.75, 3.05) is 0 Å². The summed E-state index contributed by atoms with van der Waals surface area (Å²) in [5, 5.41) is 18.0. The summed E-state index contributed by atoms with van der Waals surface area (Å²) in [7, 11) is 1.85. The van der Waals surface area contributed by atoms with Crippen molar-refractivity contribution < 1.29 is 5.11 Å². The van der Waals surface area contributed by atoms with Crippen LogP contribution in [0.25, 0.3) is 11.3 Å². The zero-order valence-electron chi connectivity index (χ0n) is 8.31. The minimum Gasteiger partial charge on any atom is -0.508 e. The van der Waals surface area contributed by atoms with Crippen LogP contribution < -0.4 is 0 Å². The van der Waals surface area contributed by atoms with Crippen molar-refractivity contribution in [3.63, 3.8) is 0 Å². The van der Waals surface area contributed by atoms with Gasteiger partial charge >= 0.3 is 0 Å². The molecule has 15 heavy (non-hydrogen) atoms. The summed E-state index contributed by atoms with van der Waals surface area (Å²) in [6.45, 7) is 0. The quantitative estimate of drug-likeness (QED) is 0.764. The summed E-state index contributed by atoms with van der Waals surface area (Å²) >= 11 is 0. The highest BCUT2D eigenvalue weighted by Crippen LogP contribution is 2.23. The lowest BCUT2D eigenvalue weighted by molar-refractivity contribution is 0.475. The monoisotopic (exact) mass is 198 g/mol. The maximum Gasteiger partial charge on any atom is 0.120 e.